The van der Waals surface area contributed by atoms with Gasteiger partial charge in [-0.15, -0.1) is 0 Å². The second-order valence-electron chi connectivity index (χ2n) is 5.15. The van der Waals surface area contributed by atoms with Gasteiger partial charge in [0.05, 0.1) is 17.5 Å². The fourth-order valence-corrected chi connectivity index (χ4v) is 2.55. The third kappa shape index (κ3) is 2.44. The molecule has 0 spiro atoms. The van der Waals surface area contributed by atoms with Gasteiger partial charge in [0.1, 0.15) is 0 Å². The van der Waals surface area contributed by atoms with Gasteiger partial charge in [-0.3, -0.25) is 9.89 Å². The Morgan fingerprint density at radius 1 is 1.25 bits per heavy atom. The van der Waals surface area contributed by atoms with Crippen molar-refractivity contribution in [1.29, 1.82) is 0 Å². The summed E-state index contributed by atoms with van der Waals surface area (Å²) < 4.78 is 0. The van der Waals surface area contributed by atoms with Crippen molar-refractivity contribution in [3.8, 4) is 11.3 Å². The number of carbonyl (C=O) groups is 1. The lowest BCUT2D eigenvalue weighted by Gasteiger charge is -2.30. The summed E-state index contributed by atoms with van der Waals surface area (Å²) >= 11 is 0. The second kappa shape index (κ2) is 5.46. The van der Waals surface area contributed by atoms with Crippen LogP contribution in [0.2, 0.25) is 0 Å². The van der Waals surface area contributed by atoms with Gasteiger partial charge in [0.2, 0.25) is 0 Å². The molecule has 0 unspecified atom stereocenters. The van der Waals surface area contributed by atoms with Crippen LogP contribution in [-0.4, -0.2) is 40.1 Å². The largest absolute Gasteiger partial charge is 0.338 e. The maximum absolute atomic E-state index is 12.6. The van der Waals surface area contributed by atoms with Crippen molar-refractivity contribution >= 4 is 5.91 Å². The highest BCUT2D eigenvalue weighted by atomic mass is 16.2. The lowest BCUT2D eigenvalue weighted by atomic mass is 10.0. The zero-order valence-electron chi connectivity index (χ0n) is 11.2. The fourth-order valence-electron chi connectivity index (χ4n) is 2.55. The Labute approximate surface area is 117 Å². The molecule has 1 aliphatic heterocycles. The molecule has 1 amide bonds. The van der Waals surface area contributed by atoms with E-state index in [2.05, 4.69) is 10.2 Å². The summed E-state index contributed by atoms with van der Waals surface area (Å²) in [5.74, 6) is 0.0319. The lowest BCUT2D eigenvalue weighted by molar-refractivity contribution is 0.0715. The third-order valence-electron chi connectivity index (χ3n) is 3.76. The summed E-state index contributed by atoms with van der Waals surface area (Å²) in [7, 11) is 0. The highest BCUT2D eigenvalue weighted by molar-refractivity contribution is 5.99. The monoisotopic (exact) mass is 270 g/mol. The molecule has 0 atom stereocenters. The molecule has 1 saturated heterocycles. The van der Waals surface area contributed by atoms with E-state index in [4.69, 9.17) is 5.73 Å². The predicted molar refractivity (Wildman–Crippen MR) is 77.1 cm³/mol. The van der Waals surface area contributed by atoms with Crippen LogP contribution in [0.5, 0.6) is 0 Å². The SMILES string of the molecule is NC1CCN(C(=O)c2cn[nH]c2-c2ccccc2)CC1. The van der Waals surface area contributed by atoms with Crippen molar-refractivity contribution in [2.75, 3.05) is 13.1 Å². The number of likely N-dealkylation sites (tertiary alicyclic amines) is 1. The van der Waals surface area contributed by atoms with Gasteiger partial charge < -0.3 is 10.6 Å². The zero-order chi connectivity index (χ0) is 13.9. The molecule has 3 rings (SSSR count). The first-order valence-corrected chi connectivity index (χ1v) is 6.89. The number of rotatable bonds is 2. The van der Waals surface area contributed by atoms with Crippen molar-refractivity contribution < 1.29 is 4.79 Å². The number of nitrogens with one attached hydrogen (secondary N) is 1. The summed E-state index contributed by atoms with van der Waals surface area (Å²) in [6.45, 7) is 1.44. The van der Waals surface area contributed by atoms with Gasteiger partial charge in [0.25, 0.3) is 5.91 Å². The minimum atomic E-state index is 0.0319. The molecule has 1 aromatic heterocycles. The Morgan fingerprint density at radius 3 is 2.65 bits per heavy atom. The van der Waals surface area contributed by atoms with E-state index in [1.54, 1.807) is 6.20 Å². The third-order valence-corrected chi connectivity index (χ3v) is 3.76. The maximum Gasteiger partial charge on any atom is 0.257 e. The predicted octanol–water partition coefficient (Wildman–Crippen LogP) is 1.64. The van der Waals surface area contributed by atoms with Crippen LogP contribution in [0.25, 0.3) is 11.3 Å². The number of H-pyrrole nitrogens is 1. The molecule has 0 bridgehead atoms. The minimum absolute atomic E-state index is 0.0319. The molecule has 20 heavy (non-hydrogen) atoms. The summed E-state index contributed by atoms with van der Waals surface area (Å²) in [5, 5.41) is 6.96. The van der Waals surface area contributed by atoms with E-state index >= 15 is 0 Å². The molecule has 2 aromatic rings. The second-order valence-corrected chi connectivity index (χ2v) is 5.15. The topological polar surface area (TPSA) is 75.0 Å². The van der Waals surface area contributed by atoms with Gasteiger partial charge in [-0.25, -0.2) is 0 Å². The fraction of sp³-hybridized carbons (Fsp3) is 0.333. The quantitative estimate of drug-likeness (QED) is 0.871. The number of aromatic nitrogens is 2. The first-order valence-electron chi connectivity index (χ1n) is 6.89. The lowest BCUT2D eigenvalue weighted by Crippen LogP contribution is -2.42. The van der Waals surface area contributed by atoms with E-state index in [9.17, 15) is 4.79 Å². The van der Waals surface area contributed by atoms with Crippen LogP contribution in [0.3, 0.4) is 0 Å². The number of hydrogen-bond acceptors (Lipinski definition) is 3. The zero-order valence-corrected chi connectivity index (χ0v) is 11.2. The number of nitrogens with zero attached hydrogens (tertiary/aromatic N) is 2. The highest BCUT2D eigenvalue weighted by Crippen LogP contribution is 2.23. The number of piperidine rings is 1. The summed E-state index contributed by atoms with van der Waals surface area (Å²) in [6.07, 6.45) is 3.34. The molecule has 1 fully saturated rings. The Bertz CT molecular complexity index is 585. The maximum atomic E-state index is 12.6. The van der Waals surface area contributed by atoms with Crippen LogP contribution >= 0.6 is 0 Å². The number of hydrogen-bond donors (Lipinski definition) is 2. The Morgan fingerprint density at radius 2 is 1.95 bits per heavy atom. The van der Waals surface area contributed by atoms with E-state index in [0.717, 1.165) is 37.2 Å². The Hall–Kier alpha value is -2.14. The number of amides is 1. The van der Waals surface area contributed by atoms with Crippen molar-refractivity contribution in [3.05, 3.63) is 42.1 Å². The van der Waals surface area contributed by atoms with Crippen molar-refractivity contribution in [1.82, 2.24) is 15.1 Å². The molecule has 1 aromatic carbocycles. The van der Waals surface area contributed by atoms with Crippen LogP contribution in [-0.2, 0) is 0 Å². The van der Waals surface area contributed by atoms with Crippen LogP contribution in [0.4, 0.5) is 0 Å². The van der Waals surface area contributed by atoms with Gasteiger partial charge in [0, 0.05) is 24.7 Å². The van der Waals surface area contributed by atoms with Gasteiger partial charge >= 0.3 is 0 Å². The molecule has 1 aliphatic rings. The normalized spacial score (nSPS) is 16.4. The van der Waals surface area contributed by atoms with E-state index in [-0.39, 0.29) is 11.9 Å². The molecule has 0 aliphatic carbocycles. The van der Waals surface area contributed by atoms with Gasteiger partial charge in [-0.1, -0.05) is 30.3 Å². The van der Waals surface area contributed by atoms with Crippen LogP contribution in [0.15, 0.2) is 36.5 Å². The van der Waals surface area contributed by atoms with Gasteiger partial charge in [0.15, 0.2) is 0 Å². The standard InChI is InChI=1S/C15H18N4O/c16-12-6-8-19(9-7-12)15(20)13-10-17-18-14(13)11-4-2-1-3-5-11/h1-5,10,12H,6-9,16H2,(H,17,18). The number of benzene rings is 1. The smallest absolute Gasteiger partial charge is 0.257 e. The van der Waals surface area contributed by atoms with Crippen LogP contribution in [0.1, 0.15) is 23.2 Å². The Balaban J connectivity index is 1.85. The molecule has 0 radical (unpaired) electrons. The number of aromatic amines is 1. The van der Waals surface area contributed by atoms with Crippen molar-refractivity contribution in [2.45, 2.75) is 18.9 Å². The molecule has 104 valence electrons. The minimum Gasteiger partial charge on any atom is -0.338 e. The molecule has 5 heteroatoms. The molecule has 2 heterocycles. The molecule has 0 saturated carbocycles. The van der Waals surface area contributed by atoms with E-state index in [1.165, 1.54) is 0 Å². The average molecular weight is 270 g/mol. The van der Waals surface area contributed by atoms with Crippen molar-refractivity contribution in [3.63, 3.8) is 0 Å². The first kappa shape index (κ1) is 12.9. The molecule has 3 N–H and O–H groups in total. The van der Waals surface area contributed by atoms with Crippen LogP contribution in [0, 0.1) is 0 Å². The van der Waals surface area contributed by atoms with E-state index < -0.39 is 0 Å². The van der Waals surface area contributed by atoms with E-state index in [0.29, 0.717) is 5.56 Å². The molecular formula is C15H18N4O. The molecular weight excluding hydrogens is 252 g/mol. The van der Waals surface area contributed by atoms with Gasteiger partial charge in [-0.2, -0.15) is 5.10 Å². The Kier molecular flexibility index (Phi) is 3.52. The van der Waals surface area contributed by atoms with Crippen LogP contribution < -0.4 is 5.73 Å². The van der Waals surface area contributed by atoms with Gasteiger partial charge in [-0.05, 0) is 12.8 Å². The first-order chi connectivity index (χ1) is 9.75. The molecule has 5 nitrogen and oxygen atoms in total. The van der Waals surface area contributed by atoms with Crippen molar-refractivity contribution in [2.24, 2.45) is 5.73 Å². The van der Waals surface area contributed by atoms with E-state index in [1.807, 2.05) is 35.2 Å². The summed E-state index contributed by atoms with van der Waals surface area (Å²) in [4.78, 5) is 14.4. The average Bonchev–Trinajstić information content (AvgIpc) is 2.97. The number of carbonyl (C=O) groups excluding carboxylic acids is 1. The highest BCUT2D eigenvalue weighted by Gasteiger charge is 2.24. The number of nitrogens with two attached hydrogens (primary N) is 1. The summed E-state index contributed by atoms with van der Waals surface area (Å²) in [6, 6.07) is 10.0. The summed E-state index contributed by atoms with van der Waals surface area (Å²) in [5.41, 5.74) is 8.27.